The van der Waals surface area contributed by atoms with Crippen molar-refractivity contribution in [1.82, 2.24) is 14.7 Å². The van der Waals surface area contributed by atoms with Crippen LogP contribution in [0.4, 0.5) is 9.18 Å². The molecular weight excluding hydrogens is 543 g/mol. The molecule has 3 heterocycles. The molecule has 12 heteroatoms. The standard InChI is InChI=1S/C27H23FN4O5S2/c1-37-19-8-6-17(7-9-19)14-21-24(34)29-26(38-21)31-12-10-30(11-13-31)23(33)16-32-25(35)22(39-27(32)36)15-18-4-2-3-5-20(18)28/h2-9,14-15H,10-13,16H2,1H3/b21-14+,22-15-. The van der Waals surface area contributed by atoms with Crippen molar-refractivity contribution < 1.29 is 28.3 Å². The van der Waals surface area contributed by atoms with E-state index in [1.54, 1.807) is 24.2 Å². The molecule has 39 heavy (non-hydrogen) atoms. The predicted octanol–water partition coefficient (Wildman–Crippen LogP) is 3.69. The van der Waals surface area contributed by atoms with Crippen molar-refractivity contribution in [1.29, 1.82) is 0 Å². The van der Waals surface area contributed by atoms with Gasteiger partial charge in [0.1, 0.15) is 18.1 Å². The fraction of sp³-hybridized carbons (Fsp3) is 0.222. The average molecular weight is 567 g/mol. The van der Waals surface area contributed by atoms with Crippen LogP contribution in [0.3, 0.4) is 0 Å². The third-order valence-electron chi connectivity index (χ3n) is 6.28. The lowest BCUT2D eigenvalue weighted by molar-refractivity contribution is -0.136. The Morgan fingerprint density at radius 1 is 0.974 bits per heavy atom. The highest BCUT2D eigenvalue weighted by atomic mass is 32.2. The molecule has 0 atom stereocenters. The summed E-state index contributed by atoms with van der Waals surface area (Å²) in [4.78, 5) is 59.7. The molecule has 0 bridgehead atoms. The number of hydrogen-bond donors (Lipinski definition) is 0. The number of amidine groups is 1. The first kappa shape index (κ1) is 26.7. The molecule has 200 valence electrons. The van der Waals surface area contributed by atoms with Gasteiger partial charge < -0.3 is 14.5 Å². The summed E-state index contributed by atoms with van der Waals surface area (Å²) < 4.78 is 19.1. The van der Waals surface area contributed by atoms with E-state index < -0.39 is 17.0 Å². The van der Waals surface area contributed by atoms with Gasteiger partial charge >= 0.3 is 0 Å². The van der Waals surface area contributed by atoms with Crippen LogP contribution in [0.15, 0.2) is 63.3 Å². The van der Waals surface area contributed by atoms with E-state index in [0.29, 0.717) is 48.0 Å². The highest BCUT2D eigenvalue weighted by molar-refractivity contribution is 8.18. The Hall–Kier alpha value is -3.90. The van der Waals surface area contributed by atoms with Gasteiger partial charge in [-0.15, -0.1) is 0 Å². The lowest BCUT2D eigenvalue weighted by Gasteiger charge is -2.35. The lowest BCUT2D eigenvalue weighted by atomic mass is 10.2. The van der Waals surface area contributed by atoms with Gasteiger partial charge in [-0.2, -0.15) is 4.99 Å². The summed E-state index contributed by atoms with van der Waals surface area (Å²) in [5, 5.41) is 0.0112. The first-order valence-corrected chi connectivity index (χ1v) is 13.6. The molecule has 0 aliphatic carbocycles. The highest BCUT2D eigenvalue weighted by Crippen LogP contribution is 2.33. The fourth-order valence-electron chi connectivity index (χ4n) is 4.14. The normalized spacial score (nSPS) is 19.9. The minimum atomic E-state index is -0.619. The summed E-state index contributed by atoms with van der Waals surface area (Å²) in [6, 6.07) is 13.3. The number of nitrogens with zero attached hydrogens (tertiary/aromatic N) is 4. The van der Waals surface area contributed by atoms with Crippen LogP contribution in [0.1, 0.15) is 11.1 Å². The molecule has 4 amide bonds. The molecule has 0 aromatic heterocycles. The Bertz CT molecular complexity index is 1430. The number of carbonyl (C=O) groups excluding carboxylic acids is 4. The van der Waals surface area contributed by atoms with Crippen molar-refractivity contribution in [2.45, 2.75) is 0 Å². The van der Waals surface area contributed by atoms with Crippen LogP contribution in [-0.2, 0) is 14.4 Å². The molecule has 0 unspecified atom stereocenters. The van der Waals surface area contributed by atoms with E-state index >= 15 is 0 Å². The molecule has 3 aliphatic heterocycles. The lowest BCUT2D eigenvalue weighted by Crippen LogP contribution is -2.52. The second-order valence-electron chi connectivity index (χ2n) is 8.74. The van der Waals surface area contributed by atoms with Crippen LogP contribution in [-0.4, -0.2) is 82.7 Å². The number of hydrogen-bond acceptors (Lipinski definition) is 8. The number of halogens is 1. The summed E-state index contributed by atoms with van der Waals surface area (Å²) >= 11 is 1.97. The third-order valence-corrected chi connectivity index (χ3v) is 8.24. The maximum absolute atomic E-state index is 14.0. The molecule has 2 aromatic rings. The number of methoxy groups -OCH3 is 1. The topological polar surface area (TPSA) is 99.6 Å². The number of imide groups is 1. The van der Waals surface area contributed by atoms with E-state index in [1.807, 2.05) is 29.2 Å². The van der Waals surface area contributed by atoms with E-state index in [0.717, 1.165) is 16.2 Å². The van der Waals surface area contributed by atoms with Crippen LogP contribution >= 0.6 is 23.5 Å². The van der Waals surface area contributed by atoms with Crippen LogP contribution in [0, 0.1) is 5.82 Å². The van der Waals surface area contributed by atoms with Gasteiger partial charge in [-0.25, -0.2) is 4.39 Å². The molecule has 2 fully saturated rings. The molecular formula is C27H23FN4O5S2. The third kappa shape index (κ3) is 5.91. The summed E-state index contributed by atoms with van der Waals surface area (Å²) in [6.07, 6.45) is 3.10. The van der Waals surface area contributed by atoms with E-state index in [9.17, 15) is 23.6 Å². The van der Waals surface area contributed by atoms with Gasteiger partial charge in [0.05, 0.1) is 16.9 Å². The van der Waals surface area contributed by atoms with Gasteiger partial charge in [-0.05, 0) is 59.4 Å². The quantitative estimate of drug-likeness (QED) is 0.506. The SMILES string of the molecule is COc1ccc(/C=C2/SC(N3CCN(C(=O)CN4C(=O)S/C(=C\c5ccccc5F)C4=O)CC3)=NC2=O)cc1. The molecule has 3 aliphatic rings. The minimum Gasteiger partial charge on any atom is -0.497 e. The smallest absolute Gasteiger partial charge is 0.294 e. The number of thioether (sulfide) groups is 2. The first-order chi connectivity index (χ1) is 18.8. The number of benzene rings is 2. The number of rotatable bonds is 5. The molecule has 2 aromatic carbocycles. The van der Waals surface area contributed by atoms with Gasteiger partial charge in [-0.1, -0.05) is 30.3 Å². The van der Waals surface area contributed by atoms with E-state index in [2.05, 4.69) is 4.99 Å². The van der Waals surface area contributed by atoms with Gasteiger partial charge in [0.2, 0.25) is 5.91 Å². The van der Waals surface area contributed by atoms with Gasteiger partial charge in [-0.3, -0.25) is 24.1 Å². The van der Waals surface area contributed by atoms with Crippen molar-refractivity contribution in [2.75, 3.05) is 39.8 Å². The minimum absolute atomic E-state index is 0.0714. The van der Waals surface area contributed by atoms with Crippen molar-refractivity contribution in [3.05, 3.63) is 75.3 Å². The Morgan fingerprint density at radius 3 is 2.38 bits per heavy atom. The van der Waals surface area contributed by atoms with Crippen molar-refractivity contribution in [3.8, 4) is 5.75 Å². The van der Waals surface area contributed by atoms with Crippen molar-refractivity contribution >= 4 is 63.8 Å². The molecule has 2 saturated heterocycles. The Kier molecular flexibility index (Phi) is 7.84. The Balaban J connectivity index is 1.15. The summed E-state index contributed by atoms with van der Waals surface area (Å²) in [5.74, 6) is -1.07. The van der Waals surface area contributed by atoms with Gasteiger partial charge in [0.15, 0.2) is 5.17 Å². The maximum atomic E-state index is 14.0. The molecule has 0 N–H and O–H groups in total. The van der Waals surface area contributed by atoms with E-state index in [-0.39, 0.29) is 28.8 Å². The first-order valence-electron chi connectivity index (χ1n) is 12.0. The predicted molar refractivity (Wildman–Crippen MR) is 148 cm³/mol. The number of ether oxygens (including phenoxy) is 1. The molecule has 0 spiro atoms. The van der Waals surface area contributed by atoms with Gasteiger partial charge in [0, 0.05) is 31.7 Å². The fourth-order valence-corrected chi connectivity index (χ4v) is 5.93. The molecule has 5 rings (SSSR count). The maximum Gasteiger partial charge on any atom is 0.294 e. The number of amides is 4. The molecule has 0 radical (unpaired) electrons. The molecule has 9 nitrogen and oxygen atoms in total. The summed E-state index contributed by atoms with van der Waals surface area (Å²) in [7, 11) is 1.59. The Labute approximate surface area is 232 Å². The summed E-state index contributed by atoms with van der Waals surface area (Å²) in [6.45, 7) is 1.23. The zero-order chi connectivity index (χ0) is 27.5. The monoisotopic (exact) mass is 566 g/mol. The highest BCUT2D eigenvalue weighted by Gasteiger charge is 2.38. The summed E-state index contributed by atoms with van der Waals surface area (Å²) in [5.41, 5.74) is 1.05. The second kappa shape index (κ2) is 11.5. The number of aliphatic imine (C=N–C) groups is 1. The van der Waals surface area contributed by atoms with Crippen LogP contribution < -0.4 is 4.74 Å². The molecule has 0 saturated carbocycles. The zero-order valence-electron chi connectivity index (χ0n) is 20.8. The van der Waals surface area contributed by atoms with E-state index in [4.69, 9.17) is 4.74 Å². The van der Waals surface area contributed by atoms with Crippen LogP contribution in [0.2, 0.25) is 0 Å². The van der Waals surface area contributed by atoms with Crippen LogP contribution in [0.25, 0.3) is 12.2 Å². The van der Waals surface area contributed by atoms with Crippen molar-refractivity contribution in [2.24, 2.45) is 4.99 Å². The Morgan fingerprint density at radius 2 is 1.69 bits per heavy atom. The number of carbonyl (C=O) groups is 4. The second-order valence-corrected chi connectivity index (χ2v) is 10.7. The van der Waals surface area contributed by atoms with Crippen LogP contribution in [0.5, 0.6) is 5.75 Å². The van der Waals surface area contributed by atoms with Gasteiger partial charge in [0.25, 0.3) is 17.1 Å². The number of piperazine rings is 1. The zero-order valence-corrected chi connectivity index (χ0v) is 22.5. The largest absolute Gasteiger partial charge is 0.497 e. The average Bonchev–Trinajstić information content (AvgIpc) is 3.44. The van der Waals surface area contributed by atoms with Crippen molar-refractivity contribution in [3.63, 3.8) is 0 Å². The van der Waals surface area contributed by atoms with E-state index in [1.165, 1.54) is 36.0 Å².